The average Bonchev–Trinajstić information content (AvgIpc) is 2.21. The number of ketones is 1. The summed E-state index contributed by atoms with van der Waals surface area (Å²) < 4.78 is 41.7. The van der Waals surface area contributed by atoms with Crippen LogP contribution in [0.4, 0.5) is 4.79 Å². The summed E-state index contributed by atoms with van der Waals surface area (Å²) in [6.45, 7) is 35.3. The molecule has 518 valence electrons. The molecule has 0 aromatic heterocycles. The number of carbonyl (C=O) groups excluding carboxylic acids is 15. The van der Waals surface area contributed by atoms with E-state index in [1.165, 1.54) is 39.5 Å². The quantitative estimate of drug-likeness (QED) is 0.0302. The molecule has 3 fully saturated rings. The number of hydroxylamine groups is 6. The maximum absolute atomic E-state index is 11.8. The number of thioether (sulfide) groups is 1. The van der Waals surface area contributed by atoms with Crippen molar-refractivity contribution >= 4 is 110 Å². The molecule has 0 unspecified atom stereocenters. The highest BCUT2D eigenvalue weighted by molar-refractivity contribution is 8.13. The Morgan fingerprint density at radius 2 is 0.922 bits per heavy atom. The topological polar surface area (TPSA) is 377 Å². The lowest BCUT2D eigenvalue weighted by molar-refractivity contribution is -0.197. The van der Waals surface area contributed by atoms with E-state index in [0.29, 0.717) is 58.7 Å². The fourth-order valence-electron chi connectivity index (χ4n) is 5.49. The number of nitrogens with zero attached hydrogens (tertiary/aromatic N) is 3. The third-order valence-corrected chi connectivity index (χ3v) is 14.8. The molecule has 3 aliphatic heterocycles. The van der Waals surface area contributed by atoms with Gasteiger partial charge in [-0.15, -0.1) is 15.2 Å². The number of alkyl carbamates (subject to hydrolysis) is 1. The maximum atomic E-state index is 11.8. The summed E-state index contributed by atoms with van der Waals surface area (Å²) in [7, 11) is -3.44. The van der Waals surface area contributed by atoms with E-state index in [0.717, 1.165) is 12.2 Å². The number of carbonyl (C=O) groups is 15. The van der Waals surface area contributed by atoms with E-state index in [4.69, 9.17) is 19.1 Å². The Kier molecular flexibility index (Phi) is 48.9. The van der Waals surface area contributed by atoms with E-state index < -0.39 is 92.4 Å². The van der Waals surface area contributed by atoms with Crippen LogP contribution in [0, 0.1) is 29.6 Å². The van der Waals surface area contributed by atoms with Crippen LogP contribution in [0.1, 0.15) is 215 Å². The molecular weight excluding hydrogens is 1220 g/mol. The summed E-state index contributed by atoms with van der Waals surface area (Å²) in [6.07, 6.45) is 2.35. The molecule has 3 heterocycles. The van der Waals surface area contributed by atoms with Crippen molar-refractivity contribution in [2.24, 2.45) is 29.6 Å². The van der Waals surface area contributed by atoms with E-state index in [1.54, 1.807) is 27.7 Å². The lowest BCUT2D eigenvalue weighted by Crippen LogP contribution is -2.34. The number of nitrogens with one attached hydrogen (secondary N) is 1. The van der Waals surface area contributed by atoms with E-state index in [9.17, 15) is 80.3 Å². The molecule has 0 saturated carbocycles. The molecule has 90 heavy (non-hydrogen) atoms. The number of rotatable bonds is 25. The summed E-state index contributed by atoms with van der Waals surface area (Å²) in [5.41, 5.74) is 0. The van der Waals surface area contributed by atoms with E-state index in [-0.39, 0.29) is 112 Å². The molecule has 1 N–H and O–H groups in total. The molecule has 7 amide bonds. The van der Waals surface area contributed by atoms with Crippen molar-refractivity contribution in [1.29, 1.82) is 0 Å². The van der Waals surface area contributed by atoms with Gasteiger partial charge < -0.3 is 38.8 Å². The zero-order valence-corrected chi connectivity index (χ0v) is 58.0. The number of hydrogen-bond acceptors (Lipinski definition) is 25. The second-order valence-electron chi connectivity index (χ2n) is 22.7. The molecule has 3 rings (SSSR count). The van der Waals surface area contributed by atoms with Gasteiger partial charge in [-0.25, -0.2) is 27.6 Å². The molecule has 0 radical (unpaired) electrons. The predicted molar refractivity (Wildman–Crippen MR) is 329 cm³/mol. The van der Waals surface area contributed by atoms with Crippen molar-refractivity contribution in [2.75, 3.05) is 37.9 Å². The van der Waals surface area contributed by atoms with Gasteiger partial charge in [-0.3, -0.25) is 52.7 Å². The minimum atomic E-state index is -3.44. The zero-order chi connectivity index (χ0) is 70.7. The SMILES string of the molecule is CC(=O)C(C)C.CC(=O)OC(=O)C(C)C.CC(C)(C)S(=O)(=O)CCC(=O)ON1C(=O)CCC1=O.CC(C)CCCC(=O)ON1C(=O)CCC1=O.CC(C)OCCCOC(=O)NCCCC(=O)ON1C(=O)CCC1=O.CCOC(=O)C(C)C.CCSC(=O)C(C)C. The minimum Gasteiger partial charge on any atom is -0.466 e. The van der Waals surface area contributed by atoms with E-state index in [1.807, 2.05) is 62.3 Å². The summed E-state index contributed by atoms with van der Waals surface area (Å²) in [4.78, 5) is 179. The maximum Gasteiger partial charge on any atom is 0.407 e. The van der Waals surface area contributed by atoms with Crippen LogP contribution in [0.25, 0.3) is 0 Å². The standard InChI is InChI=1S/C15H24N2O7.C11H17NO6S.C11H17NO4.C6H10O3.C6H12O2.C6H12OS.C5H10O/c1-11(2)22-9-4-10-23-15(21)16-8-3-5-14(20)24-17-12(18)6-7-13(17)19;1-11(2,3)19(16,17)7-6-10(15)18-12-8(13)4-5-9(12)14;1-8(2)4-3-5-11(15)16-12-9(13)6-7-10(12)14;1-4(2)6(8)9-5(3)7;2*1-4-8-6(7)5(2)3;1-4(2)5(3)6/h11H,3-10H2,1-2H3,(H,16,21);4-7H2,1-3H3;8H,3-7H2,1-2H3;4H,1-3H3;2*5H,4H2,1-3H3;4H,1-3H3. The first-order chi connectivity index (χ1) is 41.5. The molecule has 0 aliphatic carbocycles. The third kappa shape index (κ3) is 46.4. The Morgan fingerprint density at radius 3 is 1.20 bits per heavy atom. The van der Waals surface area contributed by atoms with Crippen molar-refractivity contribution in [1.82, 2.24) is 20.5 Å². The van der Waals surface area contributed by atoms with Gasteiger partial charge in [-0.05, 0) is 73.0 Å². The van der Waals surface area contributed by atoms with Gasteiger partial charge in [0.1, 0.15) is 5.78 Å². The molecule has 0 aromatic rings. The Balaban J connectivity index is -0.000000506. The van der Waals surface area contributed by atoms with Gasteiger partial charge in [0.05, 0.1) is 54.7 Å². The van der Waals surface area contributed by atoms with Gasteiger partial charge in [0.2, 0.25) is 0 Å². The van der Waals surface area contributed by atoms with Crippen LogP contribution in [0.2, 0.25) is 0 Å². The molecule has 0 bridgehead atoms. The number of Topliss-reactive ketones (excluding diaryl/α,β-unsaturated/α-hetero) is 1. The summed E-state index contributed by atoms with van der Waals surface area (Å²) in [6, 6.07) is 0. The van der Waals surface area contributed by atoms with Crippen molar-refractivity contribution < 1.29 is 114 Å². The summed E-state index contributed by atoms with van der Waals surface area (Å²) in [5.74, 6) is -4.81. The first kappa shape index (κ1) is 89.7. The lowest BCUT2D eigenvalue weighted by Gasteiger charge is -2.19. The van der Waals surface area contributed by atoms with Gasteiger partial charge in [0.15, 0.2) is 15.0 Å². The third-order valence-electron chi connectivity index (χ3n) is 11.1. The van der Waals surface area contributed by atoms with Crippen molar-refractivity contribution in [3.05, 3.63) is 0 Å². The molecule has 30 heteroatoms. The fourth-order valence-corrected chi connectivity index (χ4v) is 7.15. The van der Waals surface area contributed by atoms with Gasteiger partial charge in [-0.1, -0.05) is 94.3 Å². The molecule has 28 nitrogen and oxygen atoms in total. The number of esters is 3. The van der Waals surface area contributed by atoms with Crippen molar-refractivity contribution in [3.8, 4) is 0 Å². The average molecular weight is 1330 g/mol. The number of hydrogen-bond donors (Lipinski definition) is 1. The van der Waals surface area contributed by atoms with Gasteiger partial charge in [0.25, 0.3) is 35.4 Å². The molecule has 3 aliphatic rings. The van der Waals surface area contributed by atoms with Gasteiger partial charge in [0, 0.05) is 83.1 Å². The van der Waals surface area contributed by atoms with Crippen molar-refractivity contribution in [3.63, 3.8) is 0 Å². The number of sulfone groups is 1. The molecule has 0 spiro atoms. The zero-order valence-electron chi connectivity index (χ0n) is 56.4. The number of imide groups is 3. The van der Waals surface area contributed by atoms with Crippen LogP contribution in [-0.2, 0) is 110 Å². The monoisotopic (exact) mass is 1330 g/mol. The van der Waals surface area contributed by atoms with E-state index in [2.05, 4.69) is 33.5 Å². The smallest absolute Gasteiger partial charge is 0.407 e. The van der Waals surface area contributed by atoms with Crippen LogP contribution in [0.5, 0.6) is 0 Å². The van der Waals surface area contributed by atoms with Crippen LogP contribution >= 0.6 is 11.8 Å². The Labute approximate surface area is 535 Å². The normalized spacial score (nSPS) is 13.5. The molecule has 0 atom stereocenters. The first-order valence-corrected chi connectivity index (χ1v) is 32.6. The van der Waals surface area contributed by atoms with Crippen LogP contribution < -0.4 is 5.32 Å². The largest absolute Gasteiger partial charge is 0.466 e. The fraction of sp³-hybridized carbons (Fsp3) is 0.750. The Bertz CT molecular complexity index is 2380. The van der Waals surface area contributed by atoms with Crippen LogP contribution in [-0.4, -0.2) is 161 Å². The summed E-state index contributed by atoms with van der Waals surface area (Å²) >= 11 is 1.40. The predicted octanol–water partition coefficient (Wildman–Crippen LogP) is 7.62. The Morgan fingerprint density at radius 1 is 0.533 bits per heavy atom. The van der Waals surface area contributed by atoms with Crippen molar-refractivity contribution in [2.45, 2.75) is 226 Å². The number of amides is 7. The second-order valence-corrected chi connectivity index (χ2v) is 26.8. The highest BCUT2D eigenvalue weighted by Gasteiger charge is 2.36. The van der Waals surface area contributed by atoms with Crippen LogP contribution in [0.15, 0.2) is 0 Å². The molecular formula is C60H102N4O24S2. The lowest BCUT2D eigenvalue weighted by atomic mass is 10.1. The molecule has 3 saturated heterocycles. The van der Waals surface area contributed by atoms with Gasteiger partial charge in [-0.2, -0.15) is 0 Å². The van der Waals surface area contributed by atoms with E-state index >= 15 is 0 Å². The minimum absolute atomic E-state index is 0.00635. The highest BCUT2D eigenvalue weighted by Crippen LogP contribution is 2.19. The highest BCUT2D eigenvalue weighted by atomic mass is 32.2. The second kappa shape index (κ2) is 49.1. The Hall–Kier alpha value is -6.69. The molecule has 0 aromatic carbocycles. The number of ether oxygens (including phenoxy) is 4. The van der Waals surface area contributed by atoms with Crippen LogP contribution in [0.3, 0.4) is 0 Å². The van der Waals surface area contributed by atoms with Gasteiger partial charge >= 0.3 is 41.9 Å². The first-order valence-electron chi connectivity index (χ1n) is 30.0. The summed E-state index contributed by atoms with van der Waals surface area (Å²) in [5, 5.41) is 4.30.